The van der Waals surface area contributed by atoms with Crippen LogP contribution in [0.5, 0.6) is 0 Å². The molecule has 3 aromatic rings. The van der Waals surface area contributed by atoms with Gasteiger partial charge in [0.1, 0.15) is 17.8 Å². The molecule has 1 saturated heterocycles. The number of hydrogen-bond donors (Lipinski definition) is 1. The highest BCUT2D eigenvalue weighted by molar-refractivity contribution is 9.10. The lowest BCUT2D eigenvalue weighted by Crippen LogP contribution is -2.40. The van der Waals surface area contributed by atoms with Gasteiger partial charge in [0.05, 0.1) is 5.60 Å². The van der Waals surface area contributed by atoms with Crippen molar-refractivity contribution in [3.8, 4) is 11.1 Å². The Morgan fingerprint density at radius 3 is 2.37 bits per heavy atom. The molecule has 6 rings (SSSR count). The number of pyridine rings is 1. The predicted octanol–water partition coefficient (Wildman–Crippen LogP) is 5.82. The number of aromatic nitrogens is 1. The molecule has 196 valence electrons. The molecule has 2 aliphatic carbocycles. The van der Waals surface area contributed by atoms with Gasteiger partial charge in [-0.1, -0.05) is 54.6 Å². The maximum Gasteiger partial charge on any atom is 0.409 e. The number of carbonyl (C=O) groups excluding carboxylic acids is 1. The van der Waals surface area contributed by atoms with E-state index in [4.69, 9.17) is 9.47 Å². The summed E-state index contributed by atoms with van der Waals surface area (Å²) in [6.07, 6.45) is 3.53. The fourth-order valence-electron chi connectivity index (χ4n) is 6.65. The van der Waals surface area contributed by atoms with Gasteiger partial charge in [0.2, 0.25) is 0 Å². The molecule has 8 heteroatoms. The van der Waals surface area contributed by atoms with Crippen molar-refractivity contribution in [2.24, 2.45) is 11.8 Å². The summed E-state index contributed by atoms with van der Waals surface area (Å²) in [7, 11) is 0. The Morgan fingerprint density at radius 2 is 1.68 bits per heavy atom. The highest BCUT2D eigenvalue weighted by atomic mass is 79.9. The molecule has 1 aliphatic heterocycles. The van der Waals surface area contributed by atoms with Crippen LogP contribution in [0, 0.1) is 11.8 Å². The van der Waals surface area contributed by atoms with Crippen LogP contribution in [0.4, 0.5) is 4.79 Å². The van der Waals surface area contributed by atoms with Crippen molar-refractivity contribution in [3.63, 3.8) is 0 Å². The number of fused-ring (bicyclic) bond motifs is 4. The van der Waals surface area contributed by atoms with Crippen molar-refractivity contribution in [3.05, 3.63) is 88.2 Å². The van der Waals surface area contributed by atoms with Gasteiger partial charge in [0.15, 0.2) is 0 Å². The fraction of sp³-hybridized carbons (Fsp3) is 0.367. The number of hydrogen-bond acceptors (Lipinski definition) is 5. The van der Waals surface area contributed by atoms with Crippen molar-refractivity contribution in [2.75, 3.05) is 26.3 Å². The van der Waals surface area contributed by atoms with E-state index in [0.717, 1.165) is 12.0 Å². The number of benzene rings is 2. The number of halogens is 1. The number of carboxylic acids is 1. The van der Waals surface area contributed by atoms with Crippen molar-refractivity contribution in [1.82, 2.24) is 9.88 Å². The molecule has 3 atom stereocenters. The van der Waals surface area contributed by atoms with Gasteiger partial charge in [0.25, 0.3) is 0 Å². The molecular weight excluding hydrogens is 548 g/mol. The second-order valence-electron chi connectivity index (χ2n) is 10.5. The van der Waals surface area contributed by atoms with Crippen LogP contribution in [0.15, 0.2) is 71.5 Å². The third kappa shape index (κ3) is 4.50. The first kappa shape index (κ1) is 25.1. The van der Waals surface area contributed by atoms with E-state index in [9.17, 15) is 14.7 Å². The summed E-state index contributed by atoms with van der Waals surface area (Å²) in [4.78, 5) is 30.8. The van der Waals surface area contributed by atoms with Crippen molar-refractivity contribution < 1.29 is 24.2 Å². The summed E-state index contributed by atoms with van der Waals surface area (Å²) in [6, 6.07) is 20.4. The number of carboxylic acid groups (broad SMARTS) is 1. The van der Waals surface area contributed by atoms with E-state index in [2.05, 4.69) is 45.2 Å². The monoisotopic (exact) mass is 576 g/mol. The Morgan fingerprint density at radius 1 is 1.00 bits per heavy atom. The Kier molecular flexibility index (Phi) is 6.70. The molecule has 1 amide bonds. The Bertz CT molecular complexity index is 1330. The largest absolute Gasteiger partial charge is 0.480 e. The standard InChI is InChI=1S/C30H29BrN2O5/c31-28-26(10-5-13-32-28)30(38-18-27(34)35)12-11-19-15-33(16-20(19)14-30)29(36)37-17-25-23-8-3-1-6-21(23)22-7-2-4-9-24(22)25/h1-10,13,19-20,25H,11-12,14-18H2,(H,34,35). The summed E-state index contributed by atoms with van der Waals surface area (Å²) >= 11 is 3.53. The van der Waals surface area contributed by atoms with E-state index in [0.29, 0.717) is 43.1 Å². The van der Waals surface area contributed by atoms with Gasteiger partial charge in [-0.2, -0.15) is 0 Å². The smallest absolute Gasteiger partial charge is 0.409 e. The summed E-state index contributed by atoms with van der Waals surface area (Å²) in [5.41, 5.74) is 4.90. The zero-order valence-electron chi connectivity index (χ0n) is 20.9. The Balaban J connectivity index is 1.15. The van der Waals surface area contributed by atoms with Crippen molar-refractivity contribution >= 4 is 28.0 Å². The van der Waals surface area contributed by atoms with E-state index in [1.54, 1.807) is 6.20 Å². The van der Waals surface area contributed by atoms with Gasteiger partial charge < -0.3 is 19.5 Å². The van der Waals surface area contributed by atoms with Crippen molar-refractivity contribution in [1.29, 1.82) is 0 Å². The molecule has 2 aromatic carbocycles. The number of likely N-dealkylation sites (tertiary alicyclic amines) is 1. The van der Waals surface area contributed by atoms with Gasteiger partial charge >= 0.3 is 12.1 Å². The van der Waals surface area contributed by atoms with E-state index >= 15 is 0 Å². The lowest BCUT2D eigenvalue weighted by atomic mass is 9.70. The number of nitrogens with zero attached hydrogens (tertiary/aromatic N) is 2. The summed E-state index contributed by atoms with van der Waals surface area (Å²) in [5.74, 6) is -0.466. The number of carbonyl (C=O) groups is 2. The maximum absolute atomic E-state index is 13.2. The topological polar surface area (TPSA) is 89.0 Å². The fourth-order valence-corrected chi connectivity index (χ4v) is 7.27. The molecule has 0 radical (unpaired) electrons. The lowest BCUT2D eigenvalue weighted by Gasteiger charge is -2.42. The molecule has 3 unspecified atom stereocenters. The van der Waals surface area contributed by atoms with Gasteiger partial charge in [0, 0.05) is 30.8 Å². The molecule has 3 aliphatic rings. The molecule has 1 N–H and O–H groups in total. The van der Waals surface area contributed by atoms with Crippen LogP contribution in [0.25, 0.3) is 11.1 Å². The Labute approximate surface area is 229 Å². The average Bonchev–Trinajstić information content (AvgIpc) is 3.50. The summed E-state index contributed by atoms with van der Waals surface area (Å²) < 4.78 is 12.7. The maximum atomic E-state index is 13.2. The second-order valence-corrected chi connectivity index (χ2v) is 11.2. The van der Waals surface area contributed by atoms with Crippen LogP contribution < -0.4 is 0 Å². The molecule has 0 bridgehead atoms. The highest BCUT2D eigenvalue weighted by Gasteiger charge is 2.48. The first-order valence-electron chi connectivity index (χ1n) is 13.0. The van der Waals surface area contributed by atoms with Crippen LogP contribution in [0.3, 0.4) is 0 Å². The number of rotatable bonds is 6. The zero-order chi connectivity index (χ0) is 26.3. The second kappa shape index (κ2) is 10.2. The van der Waals surface area contributed by atoms with E-state index in [-0.39, 0.29) is 24.5 Å². The van der Waals surface area contributed by atoms with Gasteiger partial charge in [-0.15, -0.1) is 0 Å². The number of aliphatic carboxylic acids is 1. The molecule has 2 fully saturated rings. The van der Waals surface area contributed by atoms with Gasteiger partial charge in [-0.25, -0.2) is 14.6 Å². The van der Waals surface area contributed by atoms with E-state index in [1.165, 1.54) is 22.3 Å². The normalized spacial score (nSPS) is 24.0. The minimum Gasteiger partial charge on any atom is -0.480 e. The Hall–Kier alpha value is -3.23. The summed E-state index contributed by atoms with van der Waals surface area (Å²) in [6.45, 7) is 1.13. The predicted molar refractivity (Wildman–Crippen MR) is 145 cm³/mol. The van der Waals surface area contributed by atoms with Gasteiger partial charge in [-0.05, 0) is 75.3 Å². The van der Waals surface area contributed by atoms with Crippen LogP contribution in [0.2, 0.25) is 0 Å². The molecule has 1 aromatic heterocycles. The third-order valence-corrected chi connectivity index (χ3v) is 9.04. The lowest BCUT2D eigenvalue weighted by molar-refractivity contribution is -0.156. The zero-order valence-corrected chi connectivity index (χ0v) is 22.5. The molecule has 0 spiro atoms. The van der Waals surface area contributed by atoms with Crippen LogP contribution in [-0.2, 0) is 19.9 Å². The molecule has 7 nitrogen and oxygen atoms in total. The average molecular weight is 577 g/mol. The summed E-state index contributed by atoms with van der Waals surface area (Å²) in [5, 5.41) is 9.33. The minimum absolute atomic E-state index is 0.0243. The van der Waals surface area contributed by atoms with Crippen LogP contribution in [-0.4, -0.2) is 53.4 Å². The molecule has 38 heavy (non-hydrogen) atoms. The first-order chi connectivity index (χ1) is 18.4. The van der Waals surface area contributed by atoms with Crippen LogP contribution in [0.1, 0.15) is 41.9 Å². The minimum atomic E-state index is -1.00. The SMILES string of the molecule is O=C(O)COC1(c2cccnc2Br)CCC2CN(C(=O)OCC3c4ccccc4-c4ccccc43)CC2C1. The first-order valence-corrected chi connectivity index (χ1v) is 13.8. The number of ether oxygens (including phenoxy) is 2. The quantitative estimate of drug-likeness (QED) is 0.372. The van der Waals surface area contributed by atoms with E-state index in [1.807, 2.05) is 41.3 Å². The van der Waals surface area contributed by atoms with Crippen LogP contribution >= 0.6 is 15.9 Å². The third-order valence-electron chi connectivity index (χ3n) is 8.40. The highest BCUT2D eigenvalue weighted by Crippen LogP contribution is 2.50. The van der Waals surface area contributed by atoms with Gasteiger partial charge in [-0.3, -0.25) is 0 Å². The van der Waals surface area contributed by atoms with E-state index < -0.39 is 11.6 Å². The molecular formula is C30H29BrN2O5. The number of amides is 1. The molecule has 2 heterocycles. The molecule has 1 saturated carbocycles. The van der Waals surface area contributed by atoms with Crippen molar-refractivity contribution in [2.45, 2.75) is 30.8 Å².